The van der Waals surface area contributed by atoms with Crippen molar-refractivity contribution in [3.8, 4) is 5.75 Å². The van der Waals surface area contributed by atoms with E-state index in [4.69, 9.17) is 4.74 Å². The number of nitrogens with zero attached hydrogens (tertiary/aromatic N) is 1. The van der Waals surface area contributed by atoms with Gasteiger partial charge in [-0.1, -0.05) is 29.8 Å². The standard InChI is InChI=1S/C18H23NO2/c1-13-8-9-14(2)17(10-13)18(20)12-21-16-7-5-6-15(11-16)19(3)4/h5-11,18,20H,12H2,1-4H3. The fourth-order valence-electron chi connectivity index (χ4n) is 2.24. The minimum absolute atomic E-state index is 0.251. The van der Waals surface area contributed by atoms with Gasteiger partial charge >= 0.3 is 0 Å². The molecular formula is C18H23NO2. The molecule has 0 aliphatic rings. The second-order valence-corrected chi connectivity index (χ2v) is 5.58. The van der Waals surface area contributed by atoms with Crippen LogP contribution in [0.2, 0.25) is 0 Å². The Labute approximate surface area is 126 Å². The lowest BCUT2D eigenvalue weighted by Crippen LogP contribution is -2.12. The summed E-state index contributed by atoms with van der Waals surface area (Å²) in [6.45, 7) is 4.28. The molecule has 0 aliphatic heterocycles. The van der Waals surface area contributed by atoms with E-state index in [-0.39, 0.29) is 6.61 Å². The van der Waals surface area contributed by atoms with E-state index in [0.29, 0.717) is 0 Å². The number of aryl methyl sites for hydroxylation is 2. The van der Waals surface area contributed by atoms with E-state index in [1.165, 1.54) is 0 Å². The Kier molecular flexibility index (Phi) is 4.86. The van der Waals surface area contributed by atoms with Crippen LogP contribution in [0.4, 0.5) is 5.69 Å². The minimum Gasteiger partial charge on any atom is -0.490 e. The molecule has 2 aromatic rings. The van der Waals surface area contributed by atoms with Crippen molar-refractivity contribution in [1.82, 2.24) is 0 Å². The number of aliphatic hydroxyl groups excluding tert-OH is 1. The quantitative estimate of drug-likeness (QED) is 0.913. The van der Waals surface area contributed by atoms with Crippen LogP contribution in [0.15, 0.2) is 42.5 Å². The number of rotatable bonds is 5. The summed E-state index contributed by atoms with van der Waals surface area (Å²) < 4.78 is 5.73. The molecule has 0 bridgehead atoms. The molecule has 1 unspecified atom stereocenters. The molecule has 0 fully saturated rings. The summed E-state index contributed by atoms with van der Waals surface area (Å²) in [4.78, 5) is 2.02. The van der Waals surface area contributed by atoms with Crippen molar-refractivity contribution in [2.45, 2.75) is 20.0 Å². The molecule has 0 aliphatic carbocycles. The molecule has 0 aromatic heterocycles. The second kappa shape index (κ2) is 6.64. The maximum Gasteiger partial charge on any atom is 0.121 e. The van der Waals surface area contributed by atoms with Crippen molar-refractivity contribution in [2.24, 2.45) is 0 Å². The lowest BCUT2D eigenvalue weighted by molar-refractivity contribution is 0.107. The molecule has 1 atom stereocenters. The first kappa shape index (κ1) is 15.4. The van der Waals surface area contributed by atoms with Crippen LogP contribution >= 0.6 is 0 Å². The molecular weight excluding hydrogens is 262 g/mol. The van der Waals surface area contributed by atoms with Crippen molar-refractivity contribution in [1.29, 1.82) is 0 Å². The minimum atomic E-state index is -0.618. The Morgan fingerprint density at radius 2 is 1.86 bits per heavy atom. The number of aliphatic hydroxyl groups is 1. The van der Waals surface area contributed by atoms with Gasteiger partial charge in [0, 0.05) is 25.8 Å². The van der Waals surface area contributed by atoms with Gasteiger partial charge in [-0.3, -0.25) is 0 Å². The summed E-state index contributed by atoms with van der Waals surface area (Å²) in [5.74, 6) is 0.769. The first-order valence-electron chi connectivity index (χ1n) is 7.13. The van der Waals surface area contributed by atoms with Crippen LogP contribution < -0.4 is 9.64 Å². The fourth-order valence-corrected chi connectivity index (χ4v) is 2.24. The molecule has 112 valence electrons. The summed E-state index contributed by atoms with van der Waals surface area (Å²) in [5, 5.41) is 10.3. The number of anilines is 1. The maximum absolute atomic E-state index is 10.3. The van der Waals surface area contributed by atoms with Gasteiger partial charge in [-0.2, -0.15) is 0 Å². The summed E-state index contributed by atoms with van der Waals surface area (Å²) >= 11 is 0. The zero-order valence-corrected chi connectivity index (χ0v) is 13.1. The van der Waals surface area contributed by atoms with Crippen LogP contribution in [-0.2, 0) is 0 Å². The van der Waals surface area contributed by atoms with E-state index in [2.05, 4.69) is 0 Å². The van der Waals surface area contributed by atoms with Crippen LogP contribution in [0.3, 0.4) is 0 Å². The second-order valence-electron chi connectivity index (χ2n) is 5.58. The summed E-state index contributed by atoms with van der Waals surface area (Å²) in [6, 6.07) is 13.9. The predicted octanol–water partition coefficient (Wildman–Crippen LogP) is 3.48. The van der Waals surface area contributed by atoms with Crippen LogP contribution in [0.25, 0.3) is 0 Å². The highest BCUT2D eigenvalue weighted by atomic mass is 16.5. The van der Waals surface area contributed by atoms with Crippen molar-refractivity contribution < 1.29 is 9.84 Å². The maximum atomic E-state index is 10.3. The Hall–Kier alpha value is -2.00. The number of ether oxygens (including phenoxy) is 1. The molecule has 0 radical (unpaired) electrons. The highest BCUT2D eigenvalue weighted by molar-refractivity contribution is 5.49. The van der Waals surface area contributed by atoms with Crippen molar-refractivity contribution >= 4 is 5.69 Å². The largest absolute Gasteiger partial charge is 0.490 e. The third-order valence-corrected chi connectivity index (χ3v) is 3.54. The average molecular weight is 285 g/mol. The van der Waals surface area contributed by atoms with E-state index in [9.17, 15) is 5.11 Å². The van der Waals surface area contributed by atoms with Crippen molar-refractivity contribution in [2.75, 3.05) is 25.6 Å². The van der Waals surface area contributed by atoms with Crippen LogP contribution in [0.5, 0.6) is 5.75 Å². The van der Waals surface area contributed by atoms with Crippen molar-refractivity contribution in [3.63, 3.8) is 0 Å². The van der Waals surface area contributed by atoms with Crippen LogP contribution in [-0.4, -0.2) is 25.8 Å². The molecule has 2 aromatic carbocycles. The van der Waals surface area contributed by atoms with Gasteiger partial charge in [0.2, 0.25) is 0 Å². The molecule has 0 saturated heterocycles. The molecule has 3 heteroatoms. The molecule has 1 N–H and O–H groups in total. The topological polar surface area (TPSA) is 32.7 Å². The van der Waals surface area contributed by atoms with E-state index < -0.39 is 6.10 Å². The zero-order valence-electron chi connectivity index (χ0n) is 13.1. The van der Waals surface area contributed by atoms with Gasteiger partial charge in [0.15, 0.2) is 0 Å². The average Bonchev–Trinajstić information content (AvgIpc) is 2.47. The molecule has 2 rings (SSSR count). The molecule has 0 saturated carbocycles. The van der Waals surface area contributed by atoms with Gasteiger partial charge in [0.25, 0.3) is 0 Å². The van der Waals surface area contributed by atoms with Gasteiger partial charge < -0.3 is 14.7 Å². The van der Waals surface area contributed by atoms with Gasteiger partial charge in [-0.25, -0.2) is 0 Å². The van der Waals surface area contributed by atoms with E-state index >= 15 is 0 Å². The Bertz CT molecular complexity index is 608. The zero-order chi connectivity index (χ0) is 15.4. The molecule has 0 amide bonds. The van der Waals surface area contributed by atoms with E-state index in [0.717, 1.165) is 28.1 Å². The summed E-state index contributed by atoms with van der Waals surface area (Å²) in [5.41, 5.74) is 4.23. The van der Waals surface area contributed by atoms with E-state index in [1.807, 2.05) is 75.3 Å². The lowest BCUT2D eigenvalue weighted by atomic mass is 10.0. The summed E-state index contributed by atoms with van der Waals surface area (Å²) in [7, 11) is 3.98. The Morgan fingerprint density at radius 1 is 1.10 bits per heavy atom. The number of hydrogen-bond donors (Lipinski definition) is 1. The molecule has 0 spiro atoms. The first-order valence-corrected chi connectivity index (χ1v) is 7.13. The van der Waals surface area contributed by atoms with Gasteiger partial charge in [0.05, 0.1) is 0 Å². The third kappa shape index (κ3) is 3.99. The predicted molar refractivity (Wildman–Crippen MR) is 87.1 cm³/mol. The van der Waals surface area contributed by atoms with E-state index in [1.54, 1.807) is 0 Å². The van der Waals surface area contributed by atoms with Crippen LogP contribution in [0.1, 0.15) is 22.8 Å². The summed E-state index contributed by atoms with van der Waals surface area (Å²) in [6.07, 6.45) is -0.618. The molecule has 21 heavy (non-hydrogen) atoms. The fraction of sp³-hybridized carbons (Fsp3) is 0.333. The van der Waals surface area contributed by atoms with Gasteiger partial charge in [-0.15, -0.1) is 0 Å². The molecule has 3 nitrogen and oxygen atoms in total. The van der Waals surface area contributed by atoms with Crippen LogP contribution in [0, 0.1) is 13.8 Å². The Morgan fingerprint density at radius 3 is 2.57 bits per heavy atom. The highest BCUT2D eigenvalue weighted by Crippen LogP contribution is 2.23. The first-order chi connectivity index (χ1) is 9.97. The normalized spacial score (nSPS) is 12.0. The SMILES string of the molecule is Cc1ccc(C)c(C(O)COc2cccc(N(C)C)c2)c1. The number of hydrogen-bond acceptors (Lipinski definition) is 3. The highest BCUT2D eigenvalue weighted by Gasteiger charge is 2.12. The Balaban J connectivity index is 2.05. The number of benzene rings is 2. The monoisotopic (exact) mass is 285 g/mol. The lowest BCUT2D eigenvalue weighted by Gasteiger charge is -2.17. The van der Waals surface area contributed by atoms with Gasteiger partial charge in [-0.05, 0) is 37.1 Å². The van der Waals surface area contributed by atoms with Gasteiger partial charge in [0.1, 0.15) is 18.5 Å². The smallest absolute Gasteiger partial charge is 0.121 e. The molecule has 0 heterocycles. The third-order valence-electron chi connectivity index (χ3n) is 3.54. The van der Waals surface area contributed by atoms with Crippen molar-refractivity contribution in [3.05, 3.63) is 59.2 Å².